The van der Waals surface area contributed by atoms with Gasteiger partial charge in [0.2, 0.25) is 0 Å². The number of anilines is 1. The molecule has 2 aliphatic rings. The predicted octanol–water partition coefficient (Wildman–Crippen LogP) is 9.34. The van der Waals surface area contributed by atoms with Gasteiger partial charge in [-0.05, 0) is 87.5 Å². The maximum atomic E-state index is 13.4. The van der Waals surface area contributed by atoms with Gasteiger partial charge in [0.15, 0.2) is 0 Å². The van der Waals surface area contributed by atoms with Crippen LogP contribution in [0.15, 0.2) is 60.9 Å². The molecule has 1 aliphatic heterocycles. The highest BCUT2D eigenvalue weighted by atomic mass is 35.5. The molecule has 0 unspecified atom stereocenters. The maximum Gasteiger partial charge on any atom is 0.342 e. The summed E-state index contributed by atoms with van der Waals surface area (Å²) in [6, 6.07) is 17.7. The number of ether oxygens (including phenoxy) is 3. The molecule has 0 spiro atoms. The third-order valence-corrected chi connectivity index (χ3v) is 11.5. The molecule has 0 N–H and O–H groups in total. The summed E-state index contributed by atoms with van der Waals surface area (Å²) >= 11 is 6.65. The number of halogens is 1. The van der Waals surface area contributed by atoms with E-state index in [9.17, 15) is 4.79 Å². The number of rotatable bonds is 10. The number of hydrogen-bond donors (Lipinski definition) is 0. The van der Waals surface area contributed by atoms with Gasteiger partial charge >= 0.3 is 5.97 Å². The molecule has 2 aromatic heterocycles. The number of pyridine rings is 1. The van der Waals surface area contributed by atoms with Crippen LogP contribution in [0.25, 0.3) is 11.0 Å². The monoisotopic (exact) mass is 702 g/mol. The second-order valence-corrected chi connectivity index (χ2v) is 21.6. The minimum Gasteiger partial charge on any atom is -0.456 e. The highest BCUT2D eigenvalue weighted by Gasteiger charge is 2.30. The van der Waals surface area contributed by atoms with Gasteiger partial charge in [-0.1, -0.05) is 49.8 Å². The van der Waals surface area contributed by atoms with Crippen molar-refractivity contribution >= 4 is 42.4 Å². The van der Waals surface area contributed by atoms with Crippen molar-refractivity contribution < 1.29 is 19.0 Å². The van der Waals surface area contributed by atoms with Gasteiger partial charge in [0.25, 0.3) is 0 Å². The van der Waals surface area contributed by atoms with Gasteiger partial charge in [-0.2, -0.15) is 0 Å². The lowest BCUT2D eigenvalue weighted by Gasteiger charge is -2.40. The zero-order chi connectivity index (χ0) is 34.8. The number of esters is 1. The van der Waals surface area contributed by atoms with Crippen LogP contribution in [-0.4, -0.2) is 66.9 Å². The fraction of sp³-hybridized carbons (Fsp3) is 0.487. The van der Waals surface area contributed by atoms with Gasteiger partial charge < -0.3 is 23.7 Å². The predicted molar refractivity (Wildman–Crippen MR) is 201 cm³/mol. The number of carbonyl (C=O) groups is 1. The molecule has 0 bridgehead atoms. The molecule has 262 valence electrons. The molecule has 1 aliphatic carbocycles. The summed E-state index contributed by atoms with van der Waals surface area (Å²) in [6.07, 6.45) is 8.30. The zero-order valence-electron chi connectivity index (χ0n) is 29.9. The number of hydrogen-bond acceptors (Lipinski definition) is 7. The fourth-order valence-corrected chi connectivity index (χ4v) is 7.83. The number of benzene rings is 2. The van der Waals surface area contributed by atoms with E-state index in [1.54, 1.807) is 6.20 Å². The zero-order valence-corrected chi connectivity index (χ0v) is 31.7. The van der Waals surface area contributed by atoms with Crippen molar-refractivity contribution in [3.8, 4) is 11.5 Å². The highest BCUT2D eigenvalue weighted by Crippen LogP contribution is 2.38. The molecule has 10 heteroatoms. The molecule has 1 saturated heterocycles. The summed E-state index contributed by atoms with van der Waals surface area (Å²) in [5.74, 6) is 0.597. The first kappa shape index (κ1) is 35.5. The van der Waals surface area contributed by atoms with Crippen LogP contribution in [0.1, 0.15) is 67.6 Å². The van der Waals surface area contributed by atoms with Gasteiger partial charge in [-0.3, -0.25) is 4.90 Å². The van der Waals surface area contributed by atoms with Crippen LogP contribution in [-0.2, 0) is 22.6 Å². The van der Waals surface area contributed by atoms with Crippen LogP contribution in [0.2, 0.25) is 30.7 Å². The van der Waals surface area contributed by atoms with E-state index in [2.05, 4.69) is 41.6 Å². The Kier molecular flexibility index (Phi) is 10.7. The molecule has 2 aromatic carbocycles. The largest absolute Gasteiger partial charge is 0.456 e. The van der Waals surface area contributed by atoms with Crippen LogP contribution in [0.5, 0.6) is 11.5 Å². The molecular formula is C39H51ClN4O4Si. The van der Waals surface area contributed by atoms with E-state index in [0.717, 1.165) is 73.4 Å². The summed E-state index contributed by atoms with van der Waals surface area (Å²) < 4.78 is 20.2. The van der Waals surface area contributed by atoms with Gasteiger partial charge in [-0.25, -0.2) is 9.78 Å². The first-order chi connectivity index (χ1) is 23.3. The summed E-state index contributed by atoms with van der Waals surface area (Å²) in [5, 5.41) is 1.84. The molecule has 1 fully saturated rings. The normalized spacial score (nSPS) is 17.5. The summed E-state index contributed by atoms with van der Waals surface area (Å²) in [7, 11) is -1.15. The maximum absolute atomic E-state index is 13.4. The fourth-order valence-electron chi connectivity index (χ4n) is 6.80. The smallest absolute Gasteiger partial charge is 0.342 e. The Labute approximate surface area is 297 Å². The average Bonchev–Trinajstić information content (AvgIpc) is 3.31. The lowest BCUT2D eigenvalue weighted by atomic mass is 9.97. The first-order valence-corrected chi connectivity index (χ1v) is 21.8. The molecule has 1 atom stereocenters. The Morgan fingerprint density at radius 2 is 1.82 bits per heavy atom. The Balaban J connectivity index is 1.19. The molecule has 3 heterocycles. The first-order valence-electron chi connectivity index (χ1n) is 17.7. The van der Waals surface area contributed by atoms with Crippen molar-refractivity contribution in [2.75, 3.05) is 37.7 Å². The van der Waals surface area contributed by atoms with Crippen molar-refractivity contribution in [3.05, 3.63) is 82.6 Å². The molecule has 49 heavy (non-hydrogen) atoms. The van der Waals surface area contributed by atoms with Gasteiger partial charge in [0.05, 0.1) is 6.20 Å². The minimum atomic E-state index is -1.15. The van der Waals surface area contributed by atoms with E-state index in [1.807, 2.05) is 67.9 Å². The van der Waals surface area contributed by atoms with Crippen molar-refractivity contribution in [2.45, 2.75) is 90.5 Å². The van der Waals surface area contributed by atoms with E-state index in [-0.39, 0.29) is 0 Å². The average molecular weight is 703 g/mol. The Morgan fingerprint density at radius 3 is 2.57 bits per heavy atom. The molecule has 0 amide bonds. The number of nitrogens with zero attached hydrogens (tertiary/aromatic N) is 4. The van der Waals surface area contributed by atoms with Crippen LogP contribution < -0.4 is 9.64 Å². The van der Waals surface area contributed by atoms with E-state index in [4.69, 9.17) is 30.8 Å². The van der Waals surface area contributed by atoms with Gasteiger partial charge in [0.1, 0.15) is 35.0 Å². The number of fused-ring (bicyclic) bond motifs is 2. The molecule has 0 saturated carbocycles. The van der Waals surface area contributed by atoms with Crippen LogP contribution in [0, 0.1) is 0 Å². The Hall–Kier alpha value is -3.37. The molecule has 8 nitrogen and oxygen atoms in total. The quantitative estimate of drug-likeness (QED) is 0.0706. The van der Waals surface area contributed by atoms with Crippen LogP contribution in [0.3, 0.4) is 0 Å². The molecule has 0 radical (unpaired) electrons. The minimum absolute atomic E-state index is 0.387. The van der Waals surface area contributed by atoms with Crippen LogP contribution in [0.4, 0.5) is 5.69 Å². The number of carbonyl (C=O) groups excluding carboxylic acids is 1. The van der Waals surface area contributed by atoms with Crippen molar-refractivity contribution in [3.63, 3.8) is 0 Å². The number of aromatic nitrogens is 2. The molecule has 4 aromatic rings. The third kappa shape index (κ3) is 8.87. The van der Waals surface area contributed by atoms with E-state index in [1.165, 1.54) is 24.0 Å². The van der Waals surface area contributed by atoms with E-state index >= 15 is 0 Å². The van der Waals surface area contributed by atoms with Crippen molar-refractivity contribution in [1.82, 2.24) is 14.5 Å². The van der Waals surface area contributed by atoms with Gasteiger partial charge in [0, 0.05) is 75.3 Å². The standard InChI is InChI=1S/C39H51ClN4O4Si/c1-39(2,3)48-38(45)33-15-14-29(42-18-20-43(21-19-42)35-13-8-7-10-31-32(35)11-9-12-34(31)40)25-36(33)47-30-24-28-16-17-44(37(28)41-26-30)27-46-22-23-49(4,5)6/h9,11-12,14-17,24-26,35H,7-8,10,13,18-23,27H2,1-6H3/t35-/m1/s1. The molecule has 6 rings (SSSR count). The molecular weight excluding hydrogens is 652 g/mol. The highest BCUT2D eigenvalue weighted by molar-refractivity contribution is 6.76. The summed E-state index contributed by atoms with van der Waals surface area (Å²) in [4.78, 5) is 23.1. The lowest BCUT2D eigenvalue weighted by Crippen LogP contribution is -2.47. The van der Waals surface area contributed by atoms with E-state index in [0.29, 0.717) is 29.8 Å². The second-order valence-electron chi connectivity index (χ2n) is 15.6. The lowest BCUT2D eigenvalue weighted by molar-refractivity contribution is 0.00671. The topological polar surface area (TPSA) is 69.1 Å². The van der Waals surface area contributed by atoms with Crippen molar-refractivity contribution in [2.24, 2.45) is 0 Å². The second kappa shape index (κ2) is 14.9. The summed E-state index contributed by atoms with van der Waals surface area (Å²) in [6.45, 7) is 17.5. The number of piperazine rings is 1. The van der Waals surface area contributed by atoms with Crippen LogP contribution >= 0.6 is 11.6 Å². The van der Waals surface area contributed by atoms with E-state index < -0.39 is 19.6 Å². The van der Waals surface area contributed by atoms with Crippen molar-refractivity contribution in [1.29, 1.82) is 0 Å². The summed E-state index contributed by atoms with van der Waals surface area (Å²) in [5.41, 5.74) is 4.32. The third-order valence-electron chi connectivity index (χ3n) is 9.40. The Bertz CT molecular complexity index is 1770. The van der Waals surface area contributed by atoms with Gasteiger partial charge in [-0.15, -0.1) is 0 Å². The Morgan fingerprint density at radius 1 is 1.02 bits per heavy atom. The SMILES string of the molecule is CC(C)(C)OC(=O)c1ccc(N2CCN([C@@H]3CCCCc4c(Cl)cccc43)CC2)cc1Oc1cnc2c(ccn2COCC[Si](C)(C)C)c1.